The molecule has 3 heterocycles. The Labute approximate surface area is 172 Å². The van der Waals surface area contributed by atoms with Gasteiger partial charge in [-0.05, 0) is 42.5 Å². The molecule has 1 unspecified atom stereocenters. The van der Waals surface area contributed by atoms with Crippen molar-refractivity contribution in [3.8, 4) is 5.88 Å². The fraction of sp³-hybridized carbons (Fsp3) is 0.318. The minimum Gasteiger partial charge on any atom is -0.479 e. The number of carbonyl (C=O) groups excluding carboxylic acids is 1. The number of aromatic amines is 1. The third kappa shape index (κ3) is 3.22. The number of hydrogen-bond donors (Lipinski definition) is 1. The number of fused-ring (bicyclic) bond motifs is 1. The van der Waals surface area contributed by atoms with Crippen molar-refractivity contribution >= 4 is 11.6 Å². The zero-order valence-electron chi connectivity index (χ0n) is 17.2. The van der Waals surface area contributed by atoms with E-state index in [-0.39, 0.29) is 23.3 Å². The Morgan fingerprint density at radius 3 is 2.67 bits per heavy atom. The molecule has 0 fully saturated rings. The van der Waals surface area contributed by atoms with Crippen molar-refractivity contribution in [3.05, 3.63) is 70.2 Å². The number of H-pyrrole nitrogens is 1. The van der Waals surface area contributed by atoms with Gasteiger partial charge in [-0.1, -0.05) is 19.9 Å². The highest BCUT2D eigenvalue weighted by Crippen LogP contribution is 2.44. The molecule has 156 valence electrons. The number of halogens is 2. The number of benzene rings is 1. The first-order chi connectivity index (χ1) is 14.3. The van der Waals surface area contributed by atoms with Crippen molar-refractivity contribution in [2.45, 2.75) is 33.2 Å². The van der Waals surface area contributed by atoms with Gasteiger partial charge in [-0.2, -0.15) is 5.10 Å². The largest absolute Gasteiger partial charge is 0.479 e. The van der Waals surface area contributed by atoms with Crippen LogP contribution in [0.5, 0.6) is 5.88 Å². The quantitative estimate of drug-likeness (QED) is 0.676. The highest BCUT2D eigenvalue weighted by Gasteiger charge is 2.43. The number of amides is 1. The van der Waals surface area contributed by atoms with Crippen LogP contribution in [0.15, 0.2) is 30.5 Å². The standard InChI is InChI=1S/C22H22F2N4O2/c1-11(2)7-17-18-19(27-26-17)22(29)28(14-9-16(24)21(30-4)25-10-14)20(18)15-6-5-13(23)8-12(15)3/h5-6,8-11,20H,7H2,1-4H3,(H,26,27). The van der Waals surface area contributed by atoms with Crippen LogP contribution in [0.3, 0.4) is 0 Å². The lowest BCUT2D eigenvalue weighted by molar-refractivity contribution is 0.0988. The lowest BCUT2D eigenvalue weighted by atomic mass is 9.92. The average Bonchev–Trinajstić information content (AvgIpc) is 3.21. The maximum Gasteiger partial charge on any atom is 0.277 e. The summed E-state index contributed by atoms with van der Waals surface area (Å²) in [7, 11) is 1.32. The lowest BCUT2D eigenvalue weighted by Crippen LogP contribution is -2.30. The van der Waals surface area contributed by atoms with Gasteiger partial charge in [-0.3, -0.25) is 14.8 Å². The van der Waals surface area contributed by atoms with Crippen molar-refractivity contribution in [3.63, 3.8) is 0 Å². The molecule has 0 saturated carbocycles. The number of hydrogen-bond acceptors (Lipinski definition) is 4. The molecule has 2 aromatic heterocycles. The summed E-state index contributed by atoms with van der Waals surface area (Å²) >= 11 is 0. The van der Waals surface area contributed by atoms with E-state index >= 15 is 0 Å². The average molecular weight is 412 g/mol. The zero-order chi connectivity index (χ0) is 21.6. The molecule has 1 aliphatic heterocycles. The van der Waals surface area contributed by atoms with Gasteiger partial charge in [0.15, 0.2) is 5.82 Å². The molecule has 3 aromatic rings. The number of ether oxygens (including phenoxy) is 1. The lowest BCUT2D eigenvalue weighted by Gasteiger charge is -2.27. The molecule has 1 aliphatic rings. The monoisotopic (exact) mass is 412 g/mol. The van der Waals surface area contributed by atoms with Crippen LogP contribution in [-0.2, 0) is 6.42 Å². The van der Waals surface area contributed by atoms with Crippen LogP contribution in [0.1, 0.15) is 52.8 Å². The normalized spacial score (nSPS) is 15.8. The summed E-state index contributed by atoms with van der Waals surface area (Å²) in [6.07, 6.45) is 2.06. The van der Waals surface area contributed by atoms with Gasteiger partial charge in [0, 0.05) is 11.6 Å². The fourth-order valence-corrected chi connectivity index (χ4v) is 3.96. The first-order valence-electron chi connectivity index (χ1n) is 9.68. The highest BCUT2D eigenvalue weighted by atomic mass is 19.1. The Kier molecular flexibility index (Phi) is 5.01. The van der Waals surface area contributed by atoms with E-state index in [1.54, 1.807) is 13.0 Å². The highest BCUT2D eigenvalue weighted by molar-refractivity contribution is 6.10. The molecule has 1 amide bonds. The molecule has 30 heavy (non-hydrogen) atoms. The molecule has 4 rings (SSSR count). The number of aromatic nitrogens is 3. The minimum atomic E-state index is -0.673. The number of nitrogens with one attached hydrogen (secondary N) is 1. The van der Waals surface area contributed by atoms with E-state index in [1.165, 1.54) is 36.4 Å². The van der Waals surface area contributed by atoms with E-state index in [9.17, 15) is 13.6 Å². The summed E-state index contributed by atoms with van der Waals surface area (Å²) in [6.45, 7) is 5.92. The number of pyridine rings is 1. The molecule has 0 saturated heterocycles. The Bertz CT molecular complexity index is 1130. The van der Waals surface area contributed by atoms with E-state index < -0.39 is 11.9 Å². The van der Waals surface area contributed by atoms with E-state index in [0.717, 1.165) is 16.8 Å². The first kappa shape index (κ1) is 20.0. The predicted octanol–water partition coefficient (Wildman–Crippen LogP) is 4.35. The number of aryl methyl sites for hydroxylation is 1. The van der Waals surface area contributed by atoms with Gasteiger partial charge in [0.1, 0.15) is 11.5 Å². The Balaban J connectivity index is 1.91. The third-order valence-electron chi connectivity index (χ3n) is 5.24. The third-order valence-corrected chi connectivity index (χ3v) is 5.24. The van der Waals surface area contributed by atoms with Crippen LogP contribution in [0.25, 0.3) is 0 Å². The molecule has 0 radical (unpaired) electrons. The molecule has 1 atom stereocenters. The molecule has 6 nitrogen and oxygen atoms in total. The summed E-state index contributed by atoms with van der Waals surface area (Å²) in [4.78, 5) is 18.8. The SMILES string of the molecule is COc1ncc(N2C(=O)c3[nH]nc(CC(C)C)c3C2c2ccc(F)cc2C)cc1F. The van der Waals surface area contributed by atoms with Crippen molar-refractivity contribution in [2.75, 3.05) is 12.0 Å². The summed E-state index contributed by atoms with van der Waals surface area (Å²) < 4.78 is 33.1. The van der Waals surface area contributed by atoms with Crippen LogP contribution in [0, 0.1) is 24.5 Å². The summed E-state index contributed by atoms with van der Waals surface area (Å²) in [5.74, 6) is -1.21. The van der Waals surface area contributed by atoms with Crippen LogP contribution in [-0.4, -0.2) is 28.2 Å². The van der Waals surface area contributed by atoms with E-state index in [2.05, 4.69) is 29.0 Å². The van der Waals surface area contributed by atoms with Crippen LogP contribution in [0.2, 0.25) is 0 Å². The van der Waals surface area contributed by atoms with E-state index in [0.29, 0.717) is 23.6 Å². The van der Waals surface area contributed by atoms with Gasteiger partial charge in [-0.15, -0.1) is 0 Å². The molecule has 0 spiro atoms. The number of anilines is 1. The Morgan fingerprint density at radius 1 is 1.27 bits per heavy atom. The zero-order valence-corrected chi connectivity index (χ0v) is 17.2. The van der Waals surface area contributed by atoms with Gasteiger partial charge in [0.2, 0.25) is 5.88 Å². The topological polar surface area (TPSA) is 71.1 Å². The van der Waals surface area contributed by atoms with Crippen LogP contribution < -0.4 is 9.64 Å². The van der Waals surface area contributed by atoms with Crippen molar-refractivity contribution in [1.82, 2.24) is 15.2 Å². The van der Waals surface area contributed by atoms with Gasteiger partial charge < -0.3 is 4.74 Å². The van der Waals surface area contributed by atoms with Crippen molar-refractivity contribution in [2.24, 2.45) is 5.92 Å². The molecule has 1 aromatic carbocycles. The Morgan fingerprint density at radius 2 is 2.03 bits per heavy atom. The smallest absolute Gasteiger partial charge is 0.277 e. The summed E-state index contributed by atoms with van der Waals surface area (Å²) in [5, 5.41) is 7.22. The number of nitrogens with zero attached hydrogens (tertiary/aromatic N) is 3. The van der Waals surface area contributed by atoms with Gasteiger partial charge in [-0.25, -0.2) is 13.8 Å². The van der Waals surface area contributed by atoms with Crippen molar-refractivity contribution < 1.29 is 18.3 Å². The van der Waals surface area contributed by atoms with Crippen molar-refractivity contribution in [1.29, 1.82) is 0 Å². The second kappa shape index (κ2) is 7.51. The van der Waals surface area contributed by atoms with E-state index in [4.69, 9.17) is 4.74 Å². The van der Waals surface area contributed by atoms with Crippen LogP contribution in [0.4, 0.5) is 14.5 Å². The Hall–Kier alpha value is -3.29. The fourth-order valence-electron chi connectivity index (χ4n) is 3.96. The van der Waals surface area contributed by atoms with Gasteiger partial charge in [0.05, 0.1) is 30.7 Å². The summed E-state index contributed by atoms with van der Waals surface area (Å²) in [6, 6.07) is 5.08. The molecule has 1 N–H and O–H groups in total. The molecule has 0 aliphatic carbocycles. The number of rotatable bonds is 5. The summed E-state index contributed by atoms with van der Waals surface area (Å²) in [5.41, 5.74) is 3.57. The number of methoxy groups -OCH3 is 1. The van der Waals surface area contributed by atoms with Gasteiger partial charge in [0.25, 0.3) is 5.91 Å². The van der Waals surface area contributed by atoms with Gasteiger partial charge >= 0.3 is 0 Å². The molecule has 0 bridgehead atoms. The first-order valence-corrected chi connectivity index (χ1v) is 9.68. The maximum atomic E-state index is 14.4. The predicted molar refractivity (Wildman–Crippen MR) is 108 cm³/mol. The second-order valence-corrected chi connectivity index (χ2v) is 7.82. The molecular weight excluding hydrogens is 390 g/mol. The minimum absolute atomic E-state index is 0.152. The number of carbonyl (C=O) groups is 1. The second-order valence-electron chi connectivity index (χ2n) is 7.82. The molecule has 8 heteroatoms. The molecular formula is C22H22F2N4O2. The van der Waals surface area contributed by atoms with Crippen LogP contribution >= 0.6 is 0 Å². The maximum absolute atomic E-state index is 14.4. The van der Waals surface area contributed by atoms with E-state index in [1.807, 2.05) is 0 Å².